The molecule has 20 heavy (non-hydrogen) atoms. The minimum atomic E-state index is -1.22. The lowest BCUT2D eigenvalue weighted by molar-refractivity contribution is -0.167. The van der Waals surface area contributed by atoms with Gasteiger partial charge >= 0.3 is 11.9 Å². The molecular formula is C15H20O5. The van der Waals surface area contributed by atoms with Gasteiger partial charge in [-0.15, -0.1) is 0 Å². The van der Waals surface area contributed by atoms with E-state index in [4.69, 9.17) is 14.2 Å². The number of esters is 2. The maximum absolute atomic E-state index is 12.4. The van der Waals surface area contributed by atoms with Crippen LogP contribution in [0.3, 0.4) is 0 Å². The zero-order chi connectivity index (χ0) is 14.3. The first-order chi connectivity index (χ1) is 9.65. The van der Waals surface area contributed by atoms with Gasteiger partial charge in [-0.05, 0) is 38.2 Å². The number of hydrogen-bond acceptors (Lipinski definition) is 5. The Morgan fingerprint density at radius 3 is 3.00 bits per heavy atom. The van der Waals surface area contributed by atoms with Gasteiger partial charge in [0.1, 0.15) is 6.10 Å². The molecule has 3 rings (SSSR count). The Morgan fingerprint density at radius 2 is 2.30 bits per heavy atom. The van der Waals surface area contributed by atoms with Gasteiger partial charge in [-0.25, -0.2) is 0 Å². The predicted molar refractivity (Wildman–Crippen MR) is 69.8 cm³/mol. The average Bonchev–Trinajstić information content (AvgIpc) is 2.70. The van der Waals surface area contributed by atoms with E-state index < -0.39 is 17.4 Å². The standard InChI is InChI=1S/C15H20O5/c1-3-19-13(16)15-8-7-11(18-2)9-5-4-6-10(15)12(9)20-14(15)17/h6,9,11-12H,3-5,7-8H2,1-2H3/t9-,11+,12+,15-/m1/s1. The molecule has 0 spiro atoms. The highest BCUT2D eigenvalue weighted by molar-refractivity contribution is 6.06. The molecule has 2 aliphatic carbocycles. The molecule has 3 aliphatic rings. The van der Waals surface area contributed by atoms with Gasteiger partial charge in [0, 0.05) is 13.0 Å². The van der Waals surface area contributed by atoms with Crippen molar-refractivity contribution >= 4 is 11.9 Å². The molecule has 0 N–H and O–H groups in total. The van der Waals surface area contributed by atoms with Gasteiger partial charge in [0.2, 0.25) is 0 Å². The number of allylic oxidation sites excluding steroid dienone is 1. The number of carbonyl (C=O) groups excluding carboxylic acids is 2. The van der Waals surface area contributed by atoms with E-state index >= 15 is 0 Å². The lowest BCUT2D eigenvalue weighted by Crippen LogP contribution is -2.39. The number of ether oxygens (including phenoxy) is 3. The molecule has 1 heterocycles. The summed E-state index contributed by atoms with van der Waals surface area (Å²) in [5, 5.41) is 0. The fraction of sp³-hybridized carbons (Fsp3) is 0.733. The Hall–Kier alpha value is -1.36. The third-order valence-electron chi connectivity index (χ3n) is 4.84. The van der Waals surface area contributed by atoms with Gasteiger partial charge in [0.05, 0.1) is 12.7 Å². The van der Waals surface area contributed by atoms with E-state index in [1.807, 2.05) is 6.08 Å². The molecule has 0 unspecified atom stereocenters. The Kier molecular flexibility index (Phi) is 3.32. The van der Waals surface area contributed by atoms with Crippen molar-refractivity contribution in [1.29, 1.82) is 0 Å². The second-order valence-electron chi connectivity index (χ2n) is 5.67. The summed E-state index contributed by atoms with van der Waals surface area (Å²) >= 11 is 0. The second-order valence-corrected chi connectivity index (χ2v) is 5.67. The monoisotopic (exact) mass is 280 g/mol. The van der Waals surface area contributed by atoms with Crippen LogP contribution in [0, 0.1) is 11.3 Å². The molecule has 1 saturated carbocycles. The summed E-state index contributed by atoms with van der Waals surface area (Å²) in [6, 6.07) is 0. The maximum atomic E-state index is 12.4. The summed E-state index contributed by atoms with van der Waals surface area (Å²) < 4.78 is 16.3. The van der Waals surface area contributed by atoms with Crippen LogP contribution in [0.2, 0.25) is 0 Å². The van der Waals surface area contributed by atoms with Crippen molar-refractivity contribution in [2.45, 2.75) is 44.8 Å². The zero-order valence-electron chi connectivity index (χ0n) is 11.9. The third kappa shape index (κ3) is 1.65. The van der Waals surface area contributed by atoms with E-state index in [-0.39, 0.29) is 24.7 Å². The smallest absolute Gasteiger partial charge is 0.328 e. The largest absolute Gasteiger partial charge is 0.465 e. The summed E-state index contributed by atoms with van der Waals surface area (Å²) in [5.41, 5.74) is -0.399. The molecule has 0 radical (unpaired) electrons. The fourth-order valence-electron chi connectivity index (χ4n) is 3.88. The minimum absolute atomic E-state index is 0.0353. The molecule has 0 aromatic heterocycles. The molecular weight excluding hydrogens is 260 g/mol. The summed E-state index contributed by atoms with van der Waals surface area (Å²) in [6.45, 7) is 2.02. The Bertz CT molecular complexity index is 469. The summed E-state index contributed by atoms with van der Waals surface area (Å²) in [6.07, 6.45) is 4.61. The van der Waals surface area contributed by atoms with Crippen molar-refractivity contribution in [3.05, 3.63) is 11.6 Å². The normalized spacial score (nSPS) is 38.8. The molecule has 1 saturated heterocycles. The predicted octanol–water partition coefficient (Wildman–Crippen LogP) is 1.61. The van der Waals surface area contributed by atoms with E-state index in [0.717, 1.165) is 18.4 Å². The van der Waals surface area contributed by atoms with Crippen molar-refractivity contribution < 1.29 is 23.8 Å². The molecule has 4 atom stereocenters. The molecule has 0 amide bonds. The van der Waals surface area contributed by atoms with Gasteiger partial charge in [-0.3, -0.25) is 9.59 Å². The van der Waals surface area contributed by atoms with Crippen LogP contribution in [-0.2, 0) is 23.8 Å². The SMILES string of the molecule is CCOC(=O)[C@@]12CC[C@H](OC)[C@H]3CCC=C1[C@H]3OC2=O. The summed E-state index contributed by atoms with van der Waals surface area (Å²) in [5.74, 6) is -0.743. The Morgan fingerprint density at radius 1 is 1.50 bits per heavy atom. The average molecular weight is 280 g/mol. The van der Waals surface area contributed by atoms with Crippen molar-refractivity contribution in [2.24, 2.45) is 11.3 Å². The van der Waals surface area contributed by atoms with Crippen molar-refractivity contribution in [3.63, 3.8) is 0 Å². The summed E-state index contributed by atoms with van der Waals surface area (Å²) in [7, 11) is 1.68. The van der Waals surface area contributed by atoms with Gasteiger partial charge in [0.15, 0.2) is 5.41 Å². The summed E-state index contributed by atoms with van der Waals surface area (Å²) in [4.78, 5) is 24.8. The van der Waals surface area contributed by atoms with E-state index in [9.17, 15) is 9.59 Å². The van der Waals surface area contributed by atoms with Crippen LogP contribution in [0.5, 0.6) is 0 Å². The second kappa shape index (κ2) is 4.88. The lowest BCUT2D eigenvalue weighted by Gasteiger charge is -2.31. The molecule has 2 fully saturated rings. The lowest BCUT2D eigenvalue weighted by atomic mass is 9.74. The first-order valence-corrected chi connectivity index (χ1v) is 7.26. The molecule has 0 aromatic rings. The van der Waals surface area contributed by atoms with E-state index in [1.165, 1.54) is 0 Å². The van der Waals surface area contributed by atoms with Crippen molar-refractivity contribution in [2.75, 3.05) is 13.7 Å². The molecule has 4 bridgehead atoms. The first-order valence-electron chi connectivity index (χ1n) is 7.26. The van der Waals surface area contributed by atoms with Crippen molar-refractivity contribution in [1.82, 2.24) is 0 Å². The molecule has 5 nitrogen and oxygen atoms in total. The van der Waals surface area contributed by atoms with Crippen LogP contribution in [0.25, 0.3) is 0 Å². The van der Waals surface area contributed by atoms with Gasteiger partial charge < -0.3 is 14.2 Å². The van der Waals surface area contributed by atoms with Crippen molar-refractivity contribution in [3.8, 4) is 0 Å². The van der Waals surface area contributed by atoms with Gasteiger partial charge in [-0.2, -0.15) is 0 Å². The highest BCUT2D eigenvalue weighted by Crippen LogP contribution is 2.53. The number of hydrogen-bond donors (Lipinski definition) is 0. The van der Waals surface area contributed by atoms with Gasteiger partial charge in [0.25, 0.3) is 0 Å². The Labute approximate surface area is 118 Å². The molecule has 5 heteroatoms. The van der Waals surface area contributed by atoms with Crippen LogP contribution in [-0.4, -0.2) is 37.9 Å². The van der Waals surface area contributed by atoms with E-state index in [0.29, 0.717) is 12.8 Å². The van der Waals surface area contributed by atoms with Crippen LogP contribution in [0.15, 0.2) is 11.6 Å². The third-order valence-corrected chi connectivity index (χ3v) is 4.84. The first kappa shape index (κ1) is 13.6. The molecule has 1 aliphatic heterocycles. The zero-order valence-corrected chi connectivity index (χ0v) is 11.9. The minimum Gasteiger partial charge on any atom is -0.465 e. The highest BCUT2D eigenvalue weighted by Gasteiger charge is 2.64. The number of carbonyl (C=O) groups is 2. The van der Waals surface area contributed by atoms with Crippen LogP contribution in [0.1, 0.15) is 32.6 Å². The number of methoxy groups -OCH3 is 1. The van der Waals surface area contributed by atoms with Crippen LogP contribution in [0.4, 0.5) is 0 Å². The van der Waals surface area contributed by atoms with Gasteiger partial charge in [-0.1, -0.05) is 6.08 Å². The van der Waals surface area contributed by atoms with Crippen LogP contribution >= 0.6 is 0 Å². The Balaban J connectivity index is 2.06. The van der Waals surface area contributed by atoms with E-state index in [1.54, 1.807) is 14.0 Å². The molecule has 110 valence electrons. The molecule has 0 aromatic carbocycles. The van der Waals surface area contributed by atoms with E-state index in [2.05, 4.69) is 0 Å². The quantitative estimate of drug-likeness (QED) is 0.446. The highest BCUT2D eigenvalue weighted by atomic mass is 16.6. The fourth-order valence-corrected chi connectivity index (χ4v) is 3.88. The topological polar surface area (TPSA) is 61.8 Å². The maximum Gasteiger partial charge on any atom is 0.328 e. The number of rotatable bonds is 3. The van der Waals surface area contributed by atoms with Crippen LogP contribution < -0.4 is 0 Å².